The lowest BCUT2D eigenvalue weighted by molar-refractivity contribution is -0.143. The molecule has 2 N–H and O–H groups in total. The van der Waals surface area contributed by atoms with E-state index in [1.165, 1.54) is 0 Å². The molecule has 0 unspecified atom stereocenters. The van der Waals surface area contributed by atoms with Gasteiger partial charge in [-0.1, -0.05) is 19.8 Å². The van der Waals surface area contributed by atoms with E-state index in [2.05, 4.69) is 17.6 Å². The number of esters is 1. The van der Waals surface area contributed by atoms with E-state index in [4.69, 9.17) is 4.74 Å². The van der Waals surface area contributed by atoms with Gasteiger partial charge in [-0.05, 0) is 12.8 Å². The molecule has 0 fully saturated rings. The van der Waals surface area contributed by atoms with Gasteiger partial charge in [-0.25, -0.2) is 4.79 Å². The van der Waals surface area contributed by atoms with Gasteiger partial charge in [0.15, 0.2) is 0 Å². The second-order valence-corrected chi connectivity index (χ2v) is 3.54. The lowest BCUT2D eigenvalue weighted by Crippen LogP contribution is -2.33. The highest BCUT2D eigenvalue weighted by atomic mass is 16.5. The van der Waals surface area contributed by atoms with Crippen LogP contribution in [0.15, 0.2) is 0 Å². The average molecular weight is 230 g/mol. The quantitative estimate of drug-likeness (QED) is 0.489. The standard InChI is InChI=1S/C11H22N2O3/c1-3-4-5-9-16-10(14)7-6-8-13-11(15)12-2/h3-9H2,1-2H3,(H2,12,13,15). The molecule has 0 aromatic rings. The monoisotopic (exact) mass is 230 g/mol. The van der Waals surface area contributed by atoms with Crippen molar-refractivity contribution >= 4 is 12.0 Å². The fourth-order valence-electron chi connectivity index (χ4n) is 1.13. The molecule has 0 heterocycles. The van der Waals surface area contributed by atoms with E-state index in [1.54, 1.807) is 7.05 Å². The number of hydrogen-bond donors (Lipinski definition) is 2. The van der Waals surface area contributed by atoms with Gasteiger partial charge in [-0.3, -0.25) is 4.79 Å². The fraction of sp³-hybridized carbons (Fsp3) is 0.818. The van der Waals surface area contributed by atoms with Crippen LogP contribution in [0.2, 0.25) is 0 Å². The van der Waals surface area contributed by atoms with Crippen molar-refractivity contribution in [2.24, 2.45) is 0 Å². The maximum absolute atomic E-state index is 11.2. The molecule has 0 saturated carbocycles. The summed E-state index contributed by atoms with van der Waals surface area (Å²) in [6, 6.07) is -0.226. The lowest BCUT2D eigenvalue weighted by Gasteiger charge is -2.05. The van der Waals surface area contributed by atoms with Crippen LogP contribution in [-0.4, -0.2) is 32.2 Å². The molecule has 0 saturated heterocycles. The van der Waals surface area contributed by atoms with Crippen molar-refractivity contribution in [2.75, 3.05) is 20.2 Å². The van der Waals surface area contributed by atoms with Crippen molar-refractivity contribution in [1.29, 1.82) is 0 Å². The number of amides is 2. The van der Waals surface area contributed by atoms with Crippen LogP contribution in [0, 0.1) is 0 Å². The molecular formula is C11H22N2O3. The zero-order valence-electron chi connectivity index (χ0n) is 10.2. The molecular weight excluding hydrogens is 208 g/mol. The summed E-state index contributed by atoms with van der Waals surface area (Å²) < 4.78 is 5.01. The predicted molar refractivity (Wildman–Crippen MR) is 62.2 cm³/mol. The second kappa shape index (κ2) is 10.3. The van der Waals surface area contributed by atoms with Gasteiger partial charge in [0.25, 0.3) is 0 Å². The molecule has 0 aromatic carbocycles. The van der Waals surface area contributed by atoms with E-state index in [0.717, 1.165) is 19.3 Å². The third kappa shape index (κ3) is 9.30. The zero-order chi connectivity index (χ0) is 12.2. The first-order valence-electron chi connectivity index (χ1n) is 5.82. The van der Waals surface area contributed by atoms with E-state index < -0.39 is 0 Å². The zero-order valence-corrected chi connectivity index (χ0v) is 10.2. The summed E-state index contributed by atoms with van der Waals surface area (Å²) in [6.07, 6.45) is 4.11. The lowest BCUT2D eigenvalue weighted by atomic mass is 10.3. The maximum atomic E-state index is 11.2. The van der Waals surface area contributed by atoms with Crippen LogP contribution in [0.1, 0.15) is 39.0 Å². The summed E-state index contributed by atoms with van der Waals surface area (Å²) in [5.74, 6) is -0.185. The van der Waals surface area contributed by atoms with Crippen molar-refractivity contribution in [3.8, 4) is 0 Å². The minimum Gasteiger partial charge on any atom is -0.466 e. The molecule has 0 aromatic heterocycles. The molecule has 16 heavy (non-hydrogen) atoms. The Morgan fingerprint density at radius 3 is 2.56 bits per heavy atom. The predicted octanol–water partition coefficient (Wildman–Crippen LogP) is 1.43. The van der Waals surface area contributed by atoms with Crippen LogP contribution >= 0.6 is 0 Å². The largest absolute Gasteiger partial charge is 0.466 e. The Morgan fingerprint density at radius 2 is 1.94 bits per heavy atom. The highest BCUT2D eigenvalue weighted by Crippen LogP contribution is 1.97. The highest BCUT2D eigenvalue weighted by Gasteiger charge is 2.02. The number of nitrogens with one attached hydrogen (secondary N) is 2. The maximum Gasteiger partial charge on any atom is 0.314 e. The molecule has 0 aliphatic heterocycles. The molecule has 0 spiro atoms. The van der Waals surface area contributed by atoms with Crippen LogP contribution in [0.5, 0.6) is 0 Å². The van der Waals surface area contributed by atoms with Gasteiger partial charge in [0.05, 0.1) is 6.61 Å². The van der Waals surface area contributed by atoms with Crippen molar-refractivity contribution in [2.45, 2.75) is 39.0 Å². The third-order valence-electron chi connectivity index (χ3n) is 2.08. The number of carbonyl (C=O) groups is 2. The Labute approximate surface area is 96.9 Å². The van der Waals surface area contributed by atoms with Gasteiger partial charge in [-0.2, -0.15) is 0 Å². The van der Waals surface area contributed by atoms with Crippen molar-refractivity contribution in [3.05, 3.63) is 0 Å². The van der Waals surface area contributed by atoms with E-state index >= 15 is 0 Å². The van der Waals surface area contributed by atoms with Gasteiger partial charge in [-0.15, -0.1) is 0 Å². The first-order chi connectivity index (χ1) is 7.70. The first kappa shape index (κ1) is 14.7. The van der Waals surface area contributed by atoms with Crippen LogP contribution in [-0.2, 0) is 9.53 Å². The Kier molecular flexibility index (Phi) is 9.46. The SMILES string of the molecule is CCCCCOC(=O)CCCNC(=O)NC. The molecule has 0 atom stereocenters. The van der Waals surface area contributed by atoms with Gasteiger partial charge in [0, 0.05) is 20.0 Å². The second-order valence-electron chi connectivity index (χ2n) is 3.54. The van der Waals surface area contributed by atoms with Crippen LogP contribution in [0.25, 0.3) is 0 Å². The highest BCUT2D eigenvalue weighted by molar-refractivity contribution is 5.73. The Bertz CT molecular complexity index is 207. The van der Waals surface area contributed by atoms with E-state index in [-0.39, 0.29) is 12.0 Å². The number of urea groups is 1. The van der Waals surface area contributed by atoms with E-state index in [0.29, 0.717) is 26.0 Å². The molecule has 2 amide bonds. The minimum absolute atomic E-state index is 0.185. The van der Waals surface area contributed by atoms with E-state index in [9.17, 15) is 9.59 Å². The van der Waals surface area contributed by atoms with Crippen molar-refractivity contribution < 1.29 is 14.3 Å². The Hall–Kier alpha value is -1.26. The molecule has 94 valence electrons. The summed E-state index contributed by atoms with van der Waals surface area (Å²) in [4.78, 5) is 21.9. The summed E-state index contributed by atoms with van der Waals surface area (Å²) in [5, 5.41) is 5.04. The Morgan fingerprint density at radius 1 is 1.19 bits per heavy atom. The summed E-state index contributed by atoms with van der Waals surface area (Å²) >= 11 is 0. The number of hydrogen-bond acceptors (Lipinski definition) is 3. The normalized spacial score (nSPS) is 9.62. The number of rotatable bonds is 8. The van der Waals surface area contributed by atoms with E-state index in [1.807, 2.05) is 0 Å². The smallest absolute Gasteiger partial charge is 0.314 e. The van der Waals surface area contributed by atoms with Gasteiger partial charge in [0.2, 0.25) is 0 Å². The summed E-state index contributed by atoms with van der Waals surface area (Å²) in [6.45, 7) is 3.10. The first-order valence-corrected chi connectivity index (χ1v) is 5.82. The van der Waals surface area contributed by atoms with Gasteiger partial charge >= 0.3 is 12.0 Å². The van der Waals surface area contributed by atoms with Crippen molar-refractivity contribution in [3.63, 3.8) is 0 Å². The molecule has 5 nitrogen and oxygen atoms in total. The number of carbonyl (C=O) groups excluding carboxylic acids is 2. The molecule has 0 aliphatic rings. The number of unbranched alkanes of at least 4 members (excludes halogenated alkanes) is 2. The minimum atomic E-state index is -0.226. The van der Waals surface area contributed by atoms with Crippen LogP contribution < -0.4 is 10.6 Å². The molecule has 0 radical (unpaired) electrons. The van der Waals surface area contributed by atoms with Crippen LogP contribution in [0.4, 0.5) is 4.79 Å². The molecule has 0 bridgehead atoms. The molecule has 5 heteroatoms. The van der Waals surface area contributed by atoms with Gasteiger partial charge < -0.3 is 15.4 Å². The number of ether oxygens (including phenoxy) is 1. The average Bonchev–Trinajstić information content (AvgIpc) is 2.30. The topological polar surface area (TPSA) is 67.4 Å². The van der Waals surface area contributed by atoms with Crippen molar-refractivity contribution in [1.82, 2.24) is 10.6 Å². The summed E-state index contributed by atoms with van der Waals surface area (Å²) in [5.41, 5.74) is 0. The van der Waals surface area contributed by atoms with Gasteiger partial charge in [0.1, 0.15) is 0 Å². The molecule has 0 aliphatic carbocycles. The fourth-order valence-corrected chi connectivity index (χ4v) is 1.13. The van der Waals surface area contributed by atoms with Crippen LogP contribution in [0.3, 0.4) is 0 Å². The molecule has 0 rings (SSSR count). The third-order valence-corrected chi connectivity index (χ3v) is 2.08. The Balaban J connectivity index is 3.27. The summed E-state index contributed by atoms with van der Waals surface area (Å²) in [7, 11) is 1.55.